The molecule has 6 heteroatoms. The van der Waals surface area contributed by atoms with Gasteiger partial charge in [0.15, 0.2) is 0 Å². The Bertz CT molecular complexity index is 730. The molecular formula is C20H26O6. The van der Waals surface area contributed by atoms with E-state index in [2.05, 4.69) is 20.8 Å². The van der Waals surface area contributed by atoms with Crippen molar-refractivity contribution in [1.82, 2.24) is 0 Å². The summed E-state index contributed by atoms with van der Waals surface area (Å²) in [5.41, 5.74) is -0.254. The van der Waals surface area contributed by atoms with Crippen LogP contribution in [0, 0.1) is 22.7 Å². The van der Waals surface area contributed by atoms with Crippen LogP contribution in [0.4, 0.5) is 0 Å². The number of hydrogen-bond donors (Lipinski definition) is 1. The average molecular weight is 362 g/mol. The Labute approximate surface area is 152 Å². The van der Waals surface area contributed by atoms with E-state index in [1.807, 2.05) is 0 Å². The zero-order valence-corrected chi connectivity index (χ0v) is 15.5. The van der Waals surface area contributed by atoms with Gasteiger partial charge in [-0.2, -0.15) is 0 Å². The van der Waals surface area contributed by atoms with Crippen LogP contribution in [0.25, 0.3) is 0 Å². The summed E-state index contributed by atoms with van der Waals surface area (Å²) in [6.07, 6.45) is 4.05. The van der Waals surface area contributed by atoms with E-state index >= 15 is 0 Å². The van der Waals surface area contributed by atoms with Crippen LogP contribution >= 0.6 is 0 Å². The van der Waals surface area contributed by atoms with Gasteiger partial charge in [0.2, 0.25) is 6.29 Å². The molecule has 2 saturated heterocycles. The highest BCUT2D eigenvalue weighted by Crippen LogP contribution is 2.70. The van der Waals surface area contributed by atoms with Gasteiger partial charge in [0.25, 0.3) is 0 Å². The van der Waals surface area contributed by atoms with Crippen molar-refractivity contribution in [3.63, 3.8) is 0 Å². The highest BCUT2D eigenvalue weighted by Gasteiger charge is 2.73. The first-order valence-electron chi connectivity index (χ1n) is 9.67. The molecule has 4 fully saturated rings. The topological polar surface area (TPSA) is 82.1 Å². The van der Waals surface area contributed by atoms with Gasteiger partial charge in [-0.1, -0.05) is 20.3 Å². The highest BCUT2D eigenvalue weighted by molar-refractivity contribution is 5.85. The molecular weight excluding hydrogens is 336 g/mol. The maximum atomic E-state index is 12.5. The number of aliphatic hydroxyl groups is 1. The van der Waals surface area contributed by atoms with E-state index < -0.39 is 17.9 Å². The van der Waals surface area contributed by atoms with Crippen molar-refractivity contribution < 1.29 is 28.9 Å². The van der Waals surface area contributed by atoms with Crippen LogP contribution in [0.2, 0.25) is 0 Å². The number of esters is 2. The Balaban J connectivity index is 1.55. The summed E-state index contributed by atoms with van der Waals surface area (Å²) in [6.45, 7) is 6.59. The Kier molecular flexibility index (Phi) is 3.16. The van der Waals surface area contributed by atoms with Gasteiger partial charge >= 0.3 is 11.9 Å². The fraction of sp³-hybridized carbons (Fsp3) is 0.800. The Morgan fingerprint density at radius 3 is 2.58 bits per heavy atom. The molecule has 8 atom stereocenters. The molecule has 26 heavy (non-hydrogen) atoms. The summed E-state index contributed by atoms with van der Waals surface area (Å²) in [5.74, 6) is -0.270. The molecule has 0 aromatic carbocycles. The molecule has 3 heterocycles. The molecule has 142 valence electrons. The molecule has 3 aliphatic heterocycles. The molecule has 0 aromatic rings. The molecule has 5 aliphatic rings. The lowest BCUT2D eigenvalue weighted by Crippen LogP contribution is -2.62. The van der Waals surface area contributed by atoms with Crippen molar-refractivity contribution in [1.29, 1.82) is 0 Å². The predicted molar refractivity (Wildman–Crippen MR) is 89.6 cm³/mol. The van der Waals surface area contributed by atoms with Gasteiger partial charge in [0.05, 0.1) is 17.6 Å². The molecule has 5 rings (SSSR count). The molecule has 0 amide bonds. The first kappa shape index (κ1) is 16.8. The number of fused-ring (bicyclic) bond motifs is 2. The Morgan fingerprint density at radius 2 is 1.88 bits per heavy atom. The van der Waals surface area contributed by atoms with Crippen molar-refractivity contribution in [2.24, 2.45) is 22.7 Å². The van der Waals surface area contributed by atoms with Crippen molar-refractivity contribution in [3.8, 4) is 0 Å². The average Bonchev–Trinajstić information content (AvgIpc) is 3.11. The minimum atomic E-state index is -1.22. The van der Waals surface area contributed by atoms with Crippen LogP contribution in [0.15, 0.2) is 11.6 Å². The van der Waals surface area contributed by atoms with E-state index in [-0.39, 0.29) is 34.9 Å². The van der Waals surface area contributed by atoms with Crippen LogP contribution in [0.5, 0.6) is 0 Å². The molecule has 6 nitrogen and oxygen atoms in total. The minimum Gasteiger partial charge on any atom is -0.461 e. The number of rotatable bonds is 1. The Hall–Kier alpha value is -1.40. The fourth-order valence-electron chi connectivity index (χ4n) is 6.92. The zero-order chi connectivity index (χ0) is 18.5. The summed E-state index contributed by atoms with van der Waals surface area (Å²) in [6, 6.07) is 0. The lowest BCUT2D eigenvalue weighted by atomic mass is 9.44. The van der Waals surface area contributed by atoms with Crippen LogP contribution in [0.3, 0.4) is 0 Å². The number of carbonyl (C=O) groups is 2. The minimum absolute atomic E-state index is 0.0205. The van der Waals surface area contributed by atoms with Gasteiger partial charge in [-0.05, 0) is 32.1 Å². The summed E-state index contributed by atoms with van der Waals surface area (Å²) in [5, 5.41) is 10.1. The maximum Gasteiger partial charge on any atom is 0.333 e. The van der Waals surface area contributed by atoms with Crippen molar-refractivity contribution in [3.05, 3.63) is 11.6 Å². The quantitative estimate of drug-likeness (QED) is 0.720. The van der Waals surface area contributed by atoms with Crippen molar-refractivity contribution >= 4 is 11.9 Å². The van der Waals surface area contributed by atoms with E-state index in [0.717, 1.165) is 25.7 Å². The van der Waals surface area contributed by atoms with Crippen LogP contribution in [-0.2, 0) is 23.8 Å². The second-order valence-electron chi connectivity index (χ2n) is 9.42. The third kappa shape index (κ3) is 1.80. The monoisotopic (exact) mass is 362 g/mol. The summed E-state index contributed by atoms with van der Waals surface area (Å²) >= 11 is 0. The number of carbonyl (C=O) groups excluding carboxylic acids is 2. The molecule has 2 aliphatic carbocycles. The first-order valence-corrected chi connectivity index (χ1v) is 9.67. The standard InChI is InChI=1S/C20H26O6/c1-18-8-12(10-7-15(21)25-16(10)22)26-19(18,2)9-14-20(3)11(17(23)24-14)5-4-6-13(18)20/h7,11-14,16,22H,4-6,8-9H2,1-3H3/t11-,12-,13-,14-,16-,18+,19-,20+/m0/s1. The van der Waals surface area contributed by atoms with Crippen LogP contribution in [-0.4, -0.2) is 41.1 Å². The number of ether oxygens (including phenoxy) is 3. The van der Waals surface area contributed by atoms with E-state index in [0.29, 0.717) is 17.9 Å². The van der Waals surface area contributed by atoms with Gasteiger partial charge < -0.3 is 19.3 Å². The van der Waals surface area contributed by atoms with Gasteiger partial charge in [-0.3, -0.25) is 4.79 Å². The highest BCUT2D eigenvalue weighted by atomic mass is 16.6. The van der Waals surface area contributed by atoms with E-state index in [4.69, 9.17) is 14.2 Å². The van der Waals surface area contributed by atoms with Gasteiger partial charge in [-0.15, -0.1) is 0 Å². The SMILES string of the molecule is C[C@]12[C@@H]3C[C@]4(C)O[C@H](C5=CC(=O)O[C@@H]5O)C[C@]4(C)[C@@H]1CCC[C@H]2C(=O)O3. The molecule has 2 saturated carbocycles. The summed E-state index contributed by atoms with van der Waals surface area (Å²) in [4.78, 5) is 24.0. The second-order valence-corrected chi connectivity index (χ2v) is 9.42. The lowest BCUT2D eigenvalue weighted by molar-refractivity contribution is -0.195. The van der Waals surface area contributed by atoms with E-state index in [9.17, 15) is 14.7 Å². The molecule has 0 aromatic heterocycles. The molecule has 0 bridgehead atoms. The van der Waals surface area contributed by atoms with E-state index in [1.165, 1.54) is 6.08 Å². The fourth-order valence-corrected chi connectivity index (χ4v) is 6.92. The Morgan fingerprint density at radius 1 is 1.12 bits per heavy atom. The van der Waals surface area contributed by atoms with Gasteiger partial charge in [0.1, 0.15) is 6.10 Å². The van der Waals surface area contributed by atoms with E-state index in [1.54, 1.807) is 0 Å². The molecule has 0 radical (unpaired) electrons. The second kappa shape index (κ2) is 4.90. The molecule has 0 spiro atoms. The smallest absolute Gasteiger partial charge is 0.333 e. The third-order valence-electron chi connectivity index (χ3n) is 8.46. The van der Waals surface area contributed by atoms with Crippen LogP contribution in [0.1, 0.15) is 52.9 Å². The van der Waals surface area contributed by atoms with Crippen LogP contribution < -0.4 is 0 Å². The normalized spacial score (nSPS) is 55.1. The summed E-state index contributed by atoms with van der Waals surface area (Å²) in [7, 11) is 0. The lowest BCUT2D eigenvalue weighted by Gasteiger charge is -2.60. The molecule has 1 N–H and O–H groups in total. The molecule has 0 unspecified atom stereocenters. The summed E-state index contributed by atoms with van der Waals surface area (Å²) < 4.78 is 17.2. The number of hydrogen-bond acceptors (Lipinski definition) is 6. The maximum absolute atomic E-state index is 12.5. The largest absolute Gasteiger partial charge is 0.461 e. The zero-order valence-electron chi connectivity index (χ0n) is 15.5. The van der Waals surface area contributed by atoms with Gasteiger partial charge in [-0.25, -0.2) is 4.79 Å². The number of cyclic esters (lactones) is 1. The van der Waals surface area contributed by atoms with Gasteiger partial charge in [0, 0.05) is 28.9 Å². The third-order valence-corrected chi connectivity index (χ3v) is 8.46. The number of aliphatic hydroxyl groups excluding tert-OH is 1. The predicted octanol–water partition coefficient (Wildman–Crippen LogP) is 2.09. The first-order chi connectivity index (χ1) is 12.2. The van der Waals surface area contributed by atoms with Crippen molar-refractivity contribution in [2.75, 3.05) is 0 Å². The van der Waals surface area contributed by atoms with Crippen molar-refractivity contribution in [2.45, 2.75) is 77.0 Å².